The Hall–Kier alpha value is -1.36. The molecular weight excluding hydrogens is 306 g/mol. The van der Waals surface area contributed by atoms with Crippen LogP contribution in [0, 0.1) is 6.92 Å². The zero-order chi connectivity index (χ0) is 15.6. The van der Waals surface area contributed by atoms with E-state index in [0.29, 0.717) is 0 Å². The molecule has 3 nitrogen and oxygen atoms in total. The second-order valence-corrected chi connectivity index (χ2v) is 7.41. The minimum atomic E-state index is -3.63. The van der Waals surface area contributed by atoms with E-state index in [1.165, 1.54) is 4.31 Å². The van der Waals surface area contributed by atoms with Gasteiger partial charge >= 0.3 is 0 Å². The van der Waals surface area contributed by atoms with Crippen LogP contribution in [0.15, 0.2) is 53.4 Å². The topological polar surface area (TPSA) is 37.4 Å². The fourth-order valence-electron chi connectivity index (χ4n) is 2.12. The van der Waals surface area contributed by atoms with E-state index in [2.05, 4.69) is 0 Å². The fourth-order valence-corrected chi connectivity index (χ4v) is 4.04. The Morgan fingerprint density at radius 3 is 2.29 bits per heavy atom. The molecule has 1 atom stereocenters. The molecule has 0 spiro atoms. The third-order valence-corrected chi connectivity index (χ3v) is 5.98. The molecule has 0 fully saturated rings. The predicted molar refractivity (Wildman–Crippen MR) is 86.0 cm³/mol. The van der Waals surface area contributed by atoms with Gasteiger partial charge in [0.2, 0.25) is 10.0 Å². The van der Waals surface area contributed by atoms with Gasteiger partial charge in [-0.1, -0.05) is 48.0 Å². The molecular formula is C16H18ClNO2S. The molecule has 0 N–H and O–H groups in total. The summed E-state index contributed by atoms with van der Waals surface area (Å²) in [5.41, 5.74) is 1.87. The lowest BCUT2D eigenvalue weighted by Gasteiger charge is -2.25. The summed E-state index contributed by atoms with van der Waals surface area (Å²) in [6.45, 7) is 3.73. The van der Waals surface area contributed by atoms with Crippen molar-refractivity contribution in [1.29, 1.82) is 0 Å². The lowest BCUT2D eigenvalue weighted by molar-refractivity contribution is 0.398. The molecule has 0 amide bonds. The van der Waals surface area contributed by atoms with E-state index < -0.39 is 10.0 Å². The van der Waals surface area contributed by atoms with Crippen LogP contribution < -0.4 is 0 Å². The quantitative estimate of drug-likeness (QED) is 0.852. The van der Waals surface area contributed by atoms with Crippen molar-refractivity contribution in [3.8, 4) is 0 Å². The van der Waals surface area contributed by atoms with Crippen LogP contribution >= 0.6 is 11.6 Å². The summed E-state index contributed by atoms with van der Waals surface area (Å²) in [6.07, 6.45) is 0. The highest BCUT2D eigenvalue weighted by molar-refractivity contribution is 7.89. The van der Waals surface area contributed by atoms with Gasteiger partial charge in [-0.15, -0.1) is 0 Å². The number of aryl methyl sites for hydroxylation is 1. The van der Waals surface area contributed by atoms with Gasteiger partial charge < -0.3 is 0 Å². The lowest BCUT2D eigenvalue weighted by Crippen LogP contribution is -2.30. The molecule has 0 bridgehead atoms. The second kappa shape index (κ2) is 6.18. The number of halogens is 1. The zero-order valence-electron chi connectivity index (χ0n) is 12.2. The number of hydrogen-bond acceptors (Lipinski definition) is 2. The highest BCUT2D eigenvalue weighted by Gasteiger charge is 2.28. The van der Waals surface area contributed by atoms with E-state index in [4.69, 9.17) is 11.6 Å². The minimum absolute atomic E-state index is 0.139. The van der Waals surface area contributed by atoms with E-state index in [1.54, 1.807) is 25.2 Å². The van der Waals surface area contributed by atoms with Crippen LogP contribution in [0.1, 0.15) is 24.1 Å². The van der Waals surface area contributed by atoms with Gasteiger partial charge in [-0.25, -0.2) is 8.42 Å². The minimum Gasteiger partial charge on any atom is -0.207 e. The highest BCUT2D eigenvalue weighted by atomic mass is 35.5. The van der Waals surface area contributed by atoms with Crippen LogP contribution in [0.2, 0.25) is 5.02 Å². The standard InChI is InChI=1S/C16H18ClNO2S/c1-12-9-10-16(15(17)11-12)21(19,20)18(3)13(2)14-7-5-4-6-8-14/h4-11,13H,1-3H3/t13-/m0/s1. The fraction of sp³-hybridized carbons (Fsp3) is 0.250. The van der Waals surface area contributed by atoms with E-state index in [0.717, 1.165) is 11.1 Å². The van der Waals surface area contributed by atoms with Crippen molar-refractivity contribution in [1.82, 2.24) is 4.31 Å². The van der Waals surface area contributed by atoms with Crippen molar-refractivity contribution in [2.24, 2.45) is 0 Å². The molecule has 112 valence electrons. The first-order valence-electron chi connectivity index (χ1n) is 6.63. The maximum atomic E-state index is 12.7. The van der Waals surface area contributed by atoms with Gasteiger partial charge in [-0.05, 0) is 37.1 Å². The maximum absolute atomic E-state index is 12.7. The molecule has 0 saturated heterocycles. The Morgan fingerprint density at radius 2 is 1.71 bits per heavy atom. The van der Waals surface area contributed by atoms with Crippen molar-refractivity contribution in [2.45, 2.75) is 24.8 Å². The van der Waals surface area contributed by atoms with Gasteiger partial charge in [0, 0.05) is 13.1 Å². The van der Waals surface area contributed by atoms with E-state index in [9.17, 15) is 8.42 Å². The van der Waals surface area contributed by atoms with Gasteiger partial charge in [-0.3, -0.25) is 0 Å². The van der Waals surface area contributed by atoms with Crippen molar-refractivity contribution >= 4 is 21.6 Å². The summed E-state index contributed by atoms with van der Waals surface area (Å²) in [5.74, 6) is 0. The molecule has 0 radical (unpaired) electrons. The van der Waals surface area contributed by atoms with Gasteiger partial charge in [0.1, 0.15) is 4.90 Å². The van der Waals surface area contributed by atoms with Crippen LogP contribution in [-0.4, -0.2) is 19.8 Å². The van der Waals surface area contributed by atoms with Crippen molar-refractivity contribution in [3.63, 3.8) is 0 Å². The van der Waals surface area contributed by atoms with Gasteiger partial charge in [0.15, 0.2) is 0 Å². The summed E-state index contributed by atoms with van der Waals surface area (Å²) in [5, 5.41) is 0.252. The number of benzene rings is 2. The summed E-state index contributed by atoms with van der Waals surface area (Å²) in [6, 6.07) is 14.2. The van der Waals surface area contributed by atoms with Gasteiger partial charge in [0.05, 0.1) is 5.02 Å². The van der Waals surface area contributed by atoms with Crippen LogP contribution in [0.25, 0.3) is 0 Å². The van der Waals surface area contributed by atoms with Crippen molar-refractivity contribution in [2.75, 3.05) is 7.05 Å². The van der Waals surface area contributed by atoms with E-state index >= 15 is 0 Å². The van der Waals surface area contributed by atoms with Gasteiger partial charge in [-0.2, -0.15) is 4.31 Å². The Bertz CT molecular complexity index is 729. The summed E-state index contributed by atoms with van der Waals surface area (Å²) < 4.78 is 26.8. The molecule has 21 heavy (non-hydrogen) atoms. The molecule has 0 aliphatic carbocycles. The molecule has 0 aromatic heterocycles. The Kier molecular flexibility index (Phi) is 4.71. The first kappa shape index (κ1) is 16.0. The summed E-state index contributed by atoms with van der Waals surface area (Å²) in [4.78, 5) is 0.139. The number of nitrogens with zero attached hydrogens (tertiary/aromatic N) is 1. The monoisotopic (exact) mass is 323 g/mol. The average Bonchev–Trinajstić information content (AvgIpc) is 2.46. The Morgan fingerprint density at radius 1 is 1.10 bits per heavy atom. The number of sulfonamides is 1. The highest BCUT2D eigenvalue weighted by Crippen LogP contribution is 2.30. The van der Waals surface area contributed by atoms with Crippen molar-refractivity contribution in [3.05, 3.63) is 64.7 Å². The van der Waals surface area contributed by atoms with Crippen molar-refractivity contribution < 1.29 is 8.42 Å². The molecule has 0 saturated carbocycles. The Balaban J connectivity index is 2.39. The van der Waals surface area contributed by atoms with Crippen LogP contribution in [0.3, 0.4) is 0 Å². The Labute approximate surface area is 131 Å². The molecule has 2 aromatic carbocycles. The maximum Gasteiger partial charge on any atom is 0.244 e. The second-order valence-electron chi connectivity index (χ2n) is 5.04. The predicted octanol–water partition coefficient (Wildman–Crippen LogP) is 4.03. The largest absolute Gasteiger partial charge is 0.244 e. The molecule has 0 aliphatic rings. The molecule has 0 heterocycles. The molecule has 5 heteroatoms. The summed E-state index contributed by atoms with van der Waals surface area (Å²) in [7, 11) is -2.06. The smallest absolute Gasteiger partial charge is 0.207 e. The van der Waals surface area contributed by atoms with Crippen LogP contribution in [-0.2, 0) is 10.0 Å². The summed E-state index contributed by atoms with van der Waals surface area (Å²) >= 11 is 6.10. The van der Waals surface area contributed by atoms with Crippen LogP contribution in [0.5, 0.6) is 0 Å². The first-order valence-corrected chi connectivity index (χ1v) is 8.45. The van der Waals surface area contributed by atoms with E-state index in [1.807, 2.05) is 44.2 Å². The number of hydrogen-bond donors (Lipinski definition) is 0. The average molecular weight is 324 g/mol. The van der Waals surface area contributed by atoms with Crippen LogP contribution in [0.4, 0.5) is 0 Å². The first-order chi connectivity index (χ1) is 9.84. The van der Waals surface area contributed by atoms with Gasteiger partial charge in [0.25, 0.3) is 0 Å². The third-order valence-electron chi connectivity index (χ3n) is 3.57. The molecule has 0 unspecified atom stereocenters. The molecule has 0 aliphatic heterocycles. The molecule has 2 rings (SSSR count). The number of rotatable bonds is 4. The zero-order valence-corrected chi connectivity index (χ0v) is 13.8. The third kappa shape index (κ3) is 3.28. The SMILES string of the molecule is Cc1ccc(S(=O)(=O)N(C)[C@@H](C)c2ccccc2)c(Cl)c1. The normalized spacial score (nSPS) is 13.4. The molecule has 2 aromatic rings. The van der Waals surface area contributed by atoms with E-state index in [-0.39, 0.29) is 16.0 Å². The lowest BCUT2D eigenvalue weighted by atomic mass is 10.1.